The van der Waals surface area contributed by atoms with E-state index < -0.39 is 11.6 Å². The molecule has 0 bridgehead atoms. The molecular formula is C46H70O6. The third kappa shape index (κ3) is 17.1. The van der Waals surface area contributed by atoms with Crippen LogP contribution in [0.25, 0.3) is 0 Å². The van der Waals surface area contributed by atoms with Crippen LogP contribution in [0.3, 0.4) is 0 Å². The van der Waals surface area contributed by atoms with Gasteiger partial charge in [-0.15, -0.1) is 0 Å². The zero-order chi connectivity index (χ0) is 39.8. The molecule has 0 aromatic rings. The molecule has 0 amide bonds. The van der Waals surface area contributed by atoms with Crippen LogP contribution in [0.15, 0.2) is 92.1 Å². The van der Waals surface area contributed by atoms with Gasteiger partial charge in [0.1, 0.15) is 5.76 Å². The first-order chi connectivity index (χ1) is 24.7. The molecule has 2 aliphatic carbocycles. The Bertz CT molecular complexity index is 1470. The predicted molar refractivity (Wildman–Crippen MR) is 218 cm³/mol. The number of hydrogen-bond donors (Lipinski definition) is 2. The molecule has 0 radical (unpaired) electrons. The summed E-state index contributed by atoms with van der Waals surface area (Å²) in [5, 5.41) is 20.7. The Labute approximate surface area is 316 Å². The zero-order valence-corrected chi connectivity index (χ0v) is 34.5. The van der Waals surface area contributed by atoms with E-state index in [1.165, 1.54) is 22.8 Å². The highest BCUT2D eigenvalue weighted by Gasteiger charge is 2.33. The maximum atomic E-state index is 12.6. The molecule has 0 saturated carbocycles. The molecule has 2 aliphatic rings. The molecule has 0 saturated heterocycles. The van der Waals surface area contributed by atoms with E-state index in [1.54, 1.807) is 0 Å². The van der Waals surface area contributed by atoms with Crippen molar-refractivity contribution < 1.29 is 29.4 Å². The van der Waals surface area contributed by atoms with E-state index in [9.17, 15) is 29.4 Å². The summed E-state index contributed by atoms with van der Waals surface area (Å²) in [5.74, 6) is -1.87. The van der Waals surface area contributed by atoms with Crippen molar-refractivity contribution >= 4 is 23.1 Å². The smallest absolute Gasteiger partial charge is 0.233 e. The molecule has 2 rings (SSSR count). The van der Waals surface area contributed by atoms with Crippen LogP contribution in [0.2, 0.25) is 0 Å². The highest BCUT2D eigenvalue weighted by atomic mass is 16.3. The maximum Gasteiger partial charge on any atom is 0.233 e. The maximum absolute atomic E-state index is 12.6. The van der Waals surface area contributed by atoms with E-state index in [4.69, 9.17) is 0 Å². The molecule has 0 fully saturated rings. The normalized spacial score (nSPS) is 15.2. The molecule has 52 heavy (non-hydrogen) atoms. The van der Waals surface area contributed by atoms with Gasteiger partial charge < -0.3 is 10.2 Å². The lowest BCUT2D eigenvalue weighted by Gasteiger charge is -2.20. The average molecular weight is 719 g/mol. The summed E-state index contributed by atoms with van der Waals surface area (Å²) in [6.45, 7) is 22.4. The number of aliphatic hydroxyl groups excluding tert-OH is 2. The Hall–Kier alpha value is -3.80. The van der Waals surface area contributed by atoms with Crippen LogP contribution >= 0.6 is 0 Å². The number of rotatable bonds is 19. The summed E-state index contributed by atoms with van der Waals surface area (Å²) in [6, 6.07) is 0. The Kier molecular flexibility index (Phi) is 24.9. The third-order valence-corrected chi connectivity index (χ3v) is 9.01. The lowest BCUT2D eigenvalue weighted by molar-refractivity contribution is -0.132. The lowest BCUT2D eigenvalue weighted by Crippen LogP contribution is -2.26. The second-order valence-electron chi connectivity index (χ2n) is 14.0. The summed E-state index contributed by atoms with van der Waals surface area (Å²) in [4.78, 5) is 49.5. The number of allylic oxidation sites excluding steroid dienone is 14. The van der Waals surface area contributed by atoms with Gasteiger partial charge in [0.25, 0.3) is 0 Å². The molecule has 0 heterocycles. The second-order valence-corrected chi connectivity index (χ2v) is 14.0. The van der Waals surface area contributed by atoms with Gasteiger partial charge in [-0.3, -0.25) is 19.2 Å². The van der Waals surface area contributed by atoms with Gasteiger partial charge in [-0.25, -0.2) is 0 Å². The molecule has 6 heteroatoms. The molecule has 0 aromatic heterocycles. The van der Waals surface area contributed by atoms with Crippen molar-refractivity contribution in [3.05, 3.63) is 92.1 Å². The van der Waals surface area contributed by atoms with Crippen molar-refractivity contribution in [1.82, 2.24) is 0 Å². The summed E-state index contributed by atoms with van der Waals surface area (Å²) < 4.78 is 0. The van der Waals surface area contributed by atoms with E-state index in [2.05, 4.69) is 53.7 Å². The van der Waals surface area contributed by atoms with Crippen molar-refractivity contribution in [3.63, 3.8) is 0 Å². The first kappa shape index (κ1) is 48.2. The average Bonchev–Trinajstić information content (AvgIpc) is 3.10. The topological polar surface area (TPSA) is 109 Å². The van der Waals surface area contributed by atoms with Crippen molar-refractivity contribution in [1.29, 1.82) is 0 Å². The van der Waals surface area contributed by atoms with E-state index in [0.29, 0.717) is 48.8 Å². The van der Waals surface area contributed by atoms with Crippen LogP contribution in [0.4, 0.5) is 0 Å². The van der Waals surface area contributed by atoms with Gasteiger partial charge in [0.15, 0.2) is 11.5 Å². The second kappa shape index (κ2) is 26.9. The molecule has 0 spiro atoms. The van der Waals surface area contributed by atoms with Gasteiger partial charge in [-0.1, -0.05) is 107 Å². The van der Waals surface area contributed by atoms with Gasteiger partial charge in [0, 0.05) is 27.9 Å². The fourth-order valence-electron chi connectivity index (χ4n) is 5.83. The lowest BCUT2D eigenvalue weighted by atomic mass is 9.83. The summed E-state index contributed by atoms with van der Waals surface area (Å²) in [7, 11) is 0. The Morgan fingerprint density at radius 2 is 1.02 bits per heavy atom. The first-order valence-electron chi connectivity index (χ1n) is 19.7. The molecule has 0 aromatic carbocycles. The number of Topliss-reactive ketones (excluding diaryl/α,β-unsaturated/α-hetero) is 3. The standard InChI is InChI=1S/C23H34O3.C21H30O3.C2H6/c1-6-8-9-13-19-18(7-2)21(24)20(23(26)22(19)25)15-14-17(5)12-10-11-16(3)4;1-5-6-7-11-17-14-19(22)18(21(24)20(17)23)13-12-16(4)10-8-9-15(2)3;1-2/h11,14,24H,6-10,12-13,15H2,1-5H3;9,12,14,24H,5-8,10-11,13H2,1-4H3;1-2H3/b17-14+;16-12+;. The Balaban J connectivity index is 0.000000957. The van der Waals surface area contributed by atoms with Gasteiger partial charge in [-0.05, 0) is 118 Å². The number of aliphatic hydroxyl groups is 2. The van der Waals surface area contributed by atoms with Crippen LogP contribution in [-0.2, 0) is 19.2 Å². The van der Waals surface area contributed by atoms with Gasteiger partial charge >= 0.3 is 0 Å². The molecule has 0 unspecified atom stereocenters. The van der Waals surface area contributed by atoms with Crippen molar-refractivity contribution in [3.8, 4) is 0 Å². The minimum Gasteiger partial charge on any atom is -0.507 e. The zero-order valence-electron chi connectivity index (χ0n) is 34.5. The number of hydrogen-bond acceptors (Lipinski definition) is 6. The summed E-state index contributed by atoms with van der Waals surface area (Å²) >= 11 is 0. The van der Waals surface area contributed by atoms with Gasteiger partial charge in [-0.2, -0.15) is 0 Å². The quantitative estimate of drug-likeness (QED) is 0.0452. The summed E-state index contributed by atoms with van der Waals surface area (Å²) in [6.07, 6.45) is 21.7. The van der Waals surface area contributed by atoms with Crippen LogP contribution < -0.4 is 0 Å². The first-order valence-corrected chi connectivity index (χ1v) is 19.7. The SMILES string of the molecule is CC.CCCCCC1=C(CC)C(O)=C(C/C=C(\C)CCC=C(C)C)C(=O)C1=O.CCCCCC1=CC(=O)C(C/C=C(\C)CCC=C(C)C)=C(O)C1=O. The van der Waals surface area contributed by atoms with Gasteiger partial charge in [0.2, 0.25) is 17.3 Å². The highest BCUT2D eigenvalue weighted by Crippen LogP contribution is 2.32. The monoisotopic (exact) mass is 719 g/mol. The fraction of sp³-hybridized carbons (Fsp3) is 0.565. The van der Waals surface area contributed by atoms with Crippen molar-refractivity contribution in [2.45, 2.75) is 172 Å². The molecule has 6 nitrogen and oxygen atoms in total. The molecule has 290 valence electrons. The predicted octanol–water partition coefficient (Wildman–Crippen LogP) is 12.9. The van der Waals surface area contributed by atoms with Crippen LogP contribution in [0.5, 0.6) is 0 Å². The minimum absolute atomic E-state index is 0.0388. The van der Waals surface area contributed by atoms with Crippen LogP contribution in [0.1, 0.15) is 172 Å². The van der Waals surface area contributed by atoms with Crippen molar-refractivity contribution in [2.75, 3.05) is 0 Å². The Morgan fingerprint density at radius 1 is 0.558 bits per heavy atom. The van der Waals surface area contributed by atoms with Gasteiger partial charge in [0.05, 0.1) is 0 Å². The third-order valence-electron chi connectivity index (χ3n) is 9.01. The van der Waals surface area contributed by atoms with E-state index in [-0.39, 0.29) is 34.2 Å². The summed E-state index contributed by atoms with van der Waals surface area (Å²) in [5.41, 5.74) is 7.02. The van der Waals surface area contributed by atoms with Crippen LogP contribution in [-0.4, -0.2) is 33.3 Å². The van der Waals surface area contributed by atoms with E-state index in [0.717, 1.165) is 69.8 Å². The van der Waals surface area contributed by atoms with E-state index >= 15 is 0 Å². The Morgan fingerprint density at radius 3 is 1.48 bits per heavy atom. The van der Waals surface area contributed by atoms with Crippen molar-refractivity contribution in [2.24, 2.45) is 0 Å². The largest absolute Gasteiger partial charge is 0.507 e. The molecule has 0 atom stereocenters. The number of carbonyl (C=O) groups excluding carboxylic acids is 4. The molecular weight excluding hydrogens is 649 g/mol. The molecule has 0 aliphatic heterocycles. The number of carbonyl (C=O) groups is 4. The van der Waals surface area contributed by atoms with Crippen LogP contribution in [0, 0.1) is 0 Å². The number of unbranched alkanes of at least 4 members (excludes halogenated alkanes) is 4. The minimum atomic E-state index is -0.528. The van der Waals surface area contributed by atoms with E-state index in [1.807, 2.05) is 46.8 Å². The molecule has 2 N–H and O–H groups in total. The highest BCUT2D eigenvalue weighted by molar-refractivity contribution is 6.50. The fourth-order valence-corrected chi connectivity index (χ4v) is 5.83. The number of ketones is 4.